The molecule has 1 fully saturated rings. The van der Waals surface area contributed by atoms with Gasteiger partial charge in [0.2, 0.25) is 0 Å². The van der Waals surface area contributed by atoms with Crippen molar-refractivity contribution in [1.29, 1.82) is 0 Å². The summed E-state index contributed by atoms with van der Waals surface area (Å²) in [6, 6.07) is 4.62. The van der Waals surface area contributed by atoms with Crippen LogP contribution in [0.15, 0.2) is 22.8 Å². The van der Waals surface area contributed by atoms with E-state index < -0.39 is 0 Å². The number of nitrogens with zero attached hydrogens (tertiary/aromatic N) is 1. The van der Waals surface area contributed by atoms with Crippen molar-refractivity contribution in [3.63, 3.8) is 0 Å². The summed E-state index contributed by atoms with van der Waals surface area (Å²) in [7, 11) is 4.28. The second-order valence-electron chi connectivity index (χ2n) is 6.33. The first kappa shape index (κ1) is 13.6. The summed E-state index contributed by atoms with van der Waals surface area (Å²) < 4.78 is 5.41. The lowest BCUT2D eigenvalue weighted by molar-refractivity contribution is 0.200. The largest absolute Gasteiger partial charge is 0.468 e. The molecule has 0 radical (unpaired) electrons. The van der Waals surface area contributed by atoms with Crippen molar-refractivity contribution in [2.24, 2.45) is 11.3 Å². The smallest absolute Gasteiger partial charge is 0.117 e. The fourth-order valence-corrected chi connectivity index (χ4v) is 3.47. The van der Waals surface area contributed by atoms with Crippen molar-refractivity contribution in [3.05, 3.63) is 24.2 Å². The zero-order chi connectivity index (χ0) is 13.2. The van der Waals surface area contributed by atoms with Crippen molar-refractivity contribution in [2.45, 2.75) is 39.3 Å². The fraction of sp³-hybridized carbons (Fsp3) is 0.733. The van der Waals surface area contributed by atoms with Gasteiger partial charge in [0.1, 0.15) is 5.76 Å². The van der Waals surface area contributed by atoms with E-state index in [1.54, 1.807) is 6.26 Å². The molecule has 0 aromatic carbocycles. The minimum Gasteiger partial charge on any atom is -0.468 e. The van der Waals surface area contributed by atoms with Gasteiger partial charge in [0.15, 0.2) is 0 Å². The van der Waals surface area contributed by atoms with Gasteiger partial charge in [-0.2, -0.15) is 0 Å². The van der Waals surface area contributed by atoms with Crippen LogP contribution in [0.25, 0.3) is 0 Å². The molecular formula is C15H26N2O. The van der Waals surface area contributed by atoms with Crippen molar-refractivity contribution in [3.8, 4) is 0 Å². The molecule has 1 heterocycles. The molecule has 1 aliphatic carbocycles. The molecule has 1 aliphatic rings. The summed E-state index contributed by atoms with van der Waals surface area (Å²) in [5.74, 6) is 1.79. The molecule has 1 N–H and O–H groups in total. The summed E-state index contributed by atoms with van der Waals surface area (Å²) in [6.45, 7) is 6.79. The molecule has 0 spiro atoms. The van der Waals surface area contributed by atoms with Gasteiger partial charge in [-0.3, -0.25) is 4.90 Å². The van der Waals surface area contributed by atoms with Gasteiger partial charge in [-0.05, 0) is 50.4 Å². The van der Waals surface area contributed by atoms with Gasteiger partial charge in [0, 0.05) is 12.6 Å². The minimum absolute atomic E-state index is 0.422. The maximum Gasteiger partial charge on any atom is 0.117 e. The van der Waals surface area contributed by atoms with Gasteiger partial charge in [0.05, 0.1) is 12.8 Å². The molecule has 1 saturated carbocycles. The number of hydrogen-bond acceptors (Lipinski definition) is 3. The Balaban J connectivity index is 1.89. The monoisotopic (exact) mass is 250 g/mol. The van der Waals surface area contributed by atoms with Crippen LogP contribution < -0.4 is 5.32 Å². The van der Waals surface area contributed by atoms with Crippen molar-refractivity contribution >= 4 is 0 Å². The maximum atomic E-state index is 5.41. The van der Waals surface area contributed by atoms with Crippen LogP contribution in [0.3, 0.4) is 0 Å². The van der Waals surface area contributed by atoms with Crippen molar-refractivity contribution in [1.82, 2.24) is 10.2 Å². The van der Waals surface area contributed by atoms with E-state index in [0.29, 0.717) is 11.5 Å². The molecule has 3 nitrogen and oxygen atoms in total. The molecule has 0 aliphatic heterocycles. The van der Waals surface area contributed by atoms with Crippen LogP contribution in [0.4, 0.5) is 0 Å². The molecular weight excluding hydrogens is 224 g/mol. The van der Waals surface area contributed by atoms with Crippen LogP contribution in [-0.4, -0.2) is 31.6 Å². The third kappa shape index (κ3) is 2.96. The molecule has 2 unspecified atom stereocenters. The zero-order valence-corrected chi connectivity index (χ0v) is 12.1. The molecule has 1 aromatic rings. The SMILES string of the molecule is CNC1C(CN(C)Cc2ccco2)CCC1(C)C. The molecule has 3 heteroatoms. The summed E-state index contributed by atoms with van der Waals surface area (Å²) in [5, 5.41) is 3.52. The van der Waals surface area contributed by atoms with Crippen LogP contribution in [0.1, 0.15) is 32.4 Å². The third-order valence-corrected chi connectivity index (χ3v) is 4.34. The standard InChI is InChI=1S/C15H26N2O/c1-15(2)8-7-12(14(15)16-3)10-17(4)11-13-6-5-9-18-13/h5-6,9,12,14,16H,7-8,10-11H2,1-4H3. The molecule has 1 aromatic heterocycles. The Labute approximate surface area is 111 Å². The van der Waals surface area contributed by atoms with Crippen LogP contribution >= 0.6 is 0 Å². The average Bonchev–Trinajstić information content (AvgIpc) is 2.87. The van der Waals surface area contributed by atoms with Crippen LogP contribution in [0.5, 0.6) is 0 Å². The van der Waals surface area contributed by atoms with Crippen LogP contribution in [0, 0.1) is 11.3 Å². The van der Waals surface area contributed by atoms with E-state index >= 15 is 0 Å². The minimum atomic E-state index is 0.422. The van der Waals surface area contributed by atoms with E-state index in [1.165, 1.54) is 12.8 Å². The average molecular weight is 250 g/mol. The second kappa shape index (κ2) is 5.45. The topological polar surface area (TPSA) is 28.4 Å². The molecule has 102 valence electrons. The van der Waals surface area contributed by atoms with E-state index in [1.807, 2.05) is 12.1 Å². The number of hydrogen-bond donors (Lipinski definition) is 1. The maximum absolute atomic E-state index is 5.41. The first-order valence-electron chi connectivity index (χ1n) is 6.91. The van der Waals surface area contributed by atoms with Crippen LogP contribution in [0.2, 0.25) is 0 Å². The summed E-state index contributed by atoms with van der Waals surface area (Å²) in [6.07, 6.45) is 4.39. The number of nitrogens with one attached hydrogen (secondary N) is 1. The Hall–Kier alpha value is -0.800. The van der Waals surface area contributed by atoms with Gasteiger partial charge in [-0.1, -0.05) is 13.8 Å². The Morgan fingerprint density at radius 3 is 2.89 bits per heavy atom. The van der Waals surface area contributed by atoms with E-state index in [9.17, 15) is 0 Å². The highest BCUT2D eigenvalue weighted by molar-refractivity contribution is 4.99. The highest BCUT2D eigenvalue weighted by Crippen LogP contribution is 2.41. The highest BCUT2D eigenvalue weighted by atomic mass is 16.3. The molecule has 2 rings (SSSR count). The van der Waals surface area contributed by atoms with Gasteiger partial charge < -0.3 is 9.73 Å². The van der Waals surface area contributed by atoms with Gasteiger partial charge >= 0.3 is 0 Å². The number of furan rings is 1. The summed E-state index contributed by atoms with van der Waals surface area (Å²) >= 11 is 0. The van der Waals surface area contributed by atoms with Gasteiger partial charge in [0.25, 0.3) is 0 Å². The Morgan fingerprint density at radius 1 is 1.50 bits per heavy atom. The van der Waals surface area contributed by atoms with Gasteiger partial charge in [-0.15, -0.1) is 0 Å². The van der Waals surface area contributed by atoms with Crippen molar-refractivity contribution in [2.75, 3.05) is 20.6 Å². The van der Waals surface area contributed by atoms with Gasteiger partial charge in [-0.25, -0.2) is 0 Å². The van der Waals surface area contributed by atoms with Crippen molar-refractivity contribution < 1.29 is 4.42 Å². The Morgan fingerprint density at radius 2 is 2.28 bits per heavy atom. The highest BCUT2D eigenvalue weighted by Gasteiger charge is 2.40. The van der Waals surface area contributed by atoms with E-state index in [2.05, 4.69) is 38.2 Å². The first-order chi connectivity index (χ1) is 8.53. The lowest BCUT2D eigenvalue weighted by Crippen LogP contribution is -2.43. The lowest BCUT2D eigenvalue weighted by atomic mass is 9.85. The normalized spacial score (nSPS) is 26.9. The van der Waals surface area contributed by atoms with E-state index in [4.69, 9.17) is 4.42 Å². The Bertz CT molecular complexity index is 359. The third-order valence-electron chi connectivity index (χ3n) is 4.34. The number of rotatable bonds is 5. The molecule has 0 amide bonds. The lowest BCUT2D eigenvalue weighted by Gasteiger charge is -2.32. The Kier molecular flexibility index (Phi) is 4.13. The molecule has 18 heavy (non-hydrogen) atoms. The summed E-state index contributed by atoms with van der Waals surface area (Å²) in [4.78, 5) is 2.37. The predicted octanol–water partition coefficient (Wildman–Crippen LogP) is 2.74. The van der Waals surface area contributed by atoms with E-state index in [-0.39, 0.29) is 0 Å². The second-order valence-corrected chi connectivity index (χ2v) is 6.33. The molecule has 2 atom stereocenters. The first-order valence-corrected chi connectivity index (χ1v) is 6.91. The van der Waals surface area contributed by atoms with E-state index in [0.717, 1.165) is 24.8 Å². The quantitative estimate of drug-likeness (QED) is 0.871. The molecule has 0 bridgehead atoms. The van der Waals surface area contributed by atoms with Crippen LogP contribution in [-0.2, 0) is 6.54 Å². The molecule has 0 saturated heterocycles. The predicted molar refractivity (Wildman–Crippen MR) is 74.4 cm³/mol. The summed E-state index contributed by atoms with van der Waals surface area (Å²) in [5.41, 5.74) is 0.422. The zero-order valence-electron chi connectivity index (χ0n) is 12.1. The fourth-order valence-electron chi connectivity index (χ4n) is 3.47.